The van der Waals surface area contributed by atoms with Crippen LogP contribution in [-0.4, -0.2) is 29.9 Å². The summed E-state index contributed by atoms with van der Waals surface area (Å²) in [4.78, 5) is 12.1. The van der Waals surface area contributed by atoms with Crippen LogP contribution in [0.15, 0.2) is 36.4 Å². The number of para-hydroxylation sites is 1. The number of benzene rings is 2. The van der Waals surface area contributed by atoms with E-state index in [1.807, 2.05) is 18.2 Å². The van der Waals surface area contributed by atoms with Crippen molar-refractivity contribution in [1.29, 1.82) is 5.26 Å². The maximum Gasteiger partial charge on any atom is 0.407 e. The zero-order chi connectivity index (χ0) is 22.1. The molecule has 0 spiro atoms. The van der Waals surface area contributed by atoms with Gasteiger partial charge in [0.1, 0.15) is 0 Å². The van der Waals surface area contributed by atoms with Crippen LogP contribution in [0.4, 0.5) is 9.18 Å². The van der Waals surface area contributed by atoms with Gasteiger partial charge in [-0.15, -0.1) is 0 Å². The molecule has 1 aliphatic rings. The number of carbonyl (C=O) groups excluding carboxylic acids is 1. The summed E-state index contributed by atoms with van der Waals surface area (Å²) in [6, 6.07) is 12.6. The van der Waals surface area contributed by atoms with Crippen LogP contribution in [0, 0.1) is 17.1 Å². The van der Waals surface area contributed by atoms with Gasteiger partial charge in [0.2, 0.25) is 0 Å². The van der Waals surface area contributed by atoms with Crippen LogP contribution in [0.5, 0.6) is 5.75 Å². The first kappa shape index (κ1) is 20.7. The van der Waals surface area contributed by atoms with E-state index in [2.05, 4.69) is 16.0 Å². The van der Waals surface area contributed by atoms with E-state index in [1.165, 1.54) is 13.2 Å². The van der Waals surface area contributed by atoms with Crippen molar-refractivity contribution in [1.82, 2.24) is 9.88 Å². The Morgan fingerprint density at radius 3 is 2.84 bits per heavy atom. The Morgan fingerprint density at radius 2 is 2.13 bits per heavy atom. The van der Waals surface area contributed by atoms with Gasteiger partial charge in [-0.2, -0.15) is 5.26 Å². The standard InChI is InChI=1S/C24H24FN3O3/c1-14(2)31-24(29)27-17-10-19-18-9-15(12-26)7-8-21(18)28(22(19)11-17)13-16-5-4-6-20(25)23(16)30-3/h4-9,14,17H,10-11,13H2,1-3H3,(H,27,29). The van der Waals surface area contributed by atoms with Crippen molar-refractivity contribution < 1.29 is 18.7 Å². The smallest absolute Gasteiger partial charge is 0.407 e. The number of carbonyl (C=O) groups is 1. The molecule has 0 saturated carbocycles. The highest BCUT2D eigenvalue weighted by Gasteiger charge is 2.30. The van der Waals surface area contributed by atoms with Gasteiger partial charge in [-0.3, -0.25) is 0 Å². The Hall–Kier alpha value is -3.53. The molecule has 1 aliphatic carbocycles. The molecule has 1 heterocycles. The summed E-state index contributed by atoms with van der Waals surface area (Å²) < 4.78 is 26.9. The molecule has 0 bridgehead atoms. The first-order valence-corrected chi connectivity index (χ1v) is 10.2. The number of aromatic nitrogens is 1. The normalized spacial score (nSPS) is 15.0. The highest BCUT2D eigenvalue weighted by molar-refractivity contribution is 5.88. The van der Waals surface area contributed by atoms with Crippen LogP contribution in [0.1, 0.15) is 36.2 Å². The van der Waals surface area contributed by atoms with E-state index in [9.17, 15) is 14.4 Å². The minimum atomic E-state index is -0.439. The summed E-state index contributed by atoms with van der Waals surface area (Å²) in [7, 11) is 1.46. The maximum absolute atomic E-state index is 14.2. The highest BCUT2D eigenvalue weighted by atomic mass is 19.1. The molecule has 0 saturated heterocycles. The van der Waals surface area contributed by atoms with Crippen molar-refractivity contribution in [2.75, 3.05) is 7.11 Å². The van der Waals surface area contributed by atoms with Gasteiger partial charge in [-0.25, -0.2) is 9.18 Å². The van der Waals surface area contributed by atoms with Gasteiger partial charge in [0.25, 0.3) is 0 Å². The SMILES string of the molecule is COc1c(F)cccc1Cn1c2c(c3cc(C#N)ccc31)CC(NC(=O)OC(C)C)C2. The summed E-state index contributed by atoms with van der Waals surface area (Å²) in [5.74, 6) is -0.184. The van der Waals surface area contributed by atoms with Gasteiger partial charge in [0.15, 0.2) is 11.6 Å². The number of methoxy groups -OCH3 is 1. The van der Waals surface area contributed by atoms with Gasteiger partial charge in [-0.05, 0) is 50.1 Å². The van der Waals surface area contributed by atoms with E-state index in [4.69, 9.17) is 9.47 Å². The number of halogens is 1. The Kier molecular flexibility index (Phi) is 5.55. The fraction of sp³-hybridized carbons (Fsp3) is 0.333. The van der Waals surface area contributed by atoms with Crippen LogP contribution in [-0.2, 0) is 24.1 Å². The molecule has 1 amide bonds. The zero-order valence-electron chi connectivity index (χ0n) is 17.7. The van der Waals surface area contributed by atoms with Gasteiger partial charge >= 0.3 is 6.09 Å². The lowest BCUT2D eigenvalue weighted by molar-refractivity contribution is 0.112. The second-order valence-corrected chi connectivity index (χ2v) is 7.99. The maximum atomic E-state index is 14.2. The molecule has 6 nitrogen and oxygen atoms in total. The molecule has 1 atom stereocenters. The average molecular weight is 421 g/mol. The molecule has 1 aromatic heterocycles. The topological polar surface area (TPSA) is 76.3 Å². The monoisotopic (exact) mass is 421 g/mol. The molecular formula is C24H24FN3O3. The summed E-state index contributed by atoms with van der Waals surface area (Å²) >= 11 is 0. The number of hydrogen-bond donors (Lipinski definition) is 1. The van der Waals surface area contributed by atoms with Crippen molar-refractivity contribution in [3.8, 4) is 11.8 Å². The number of ether oxygens (including phenoxy) is 2. The zero-order valence-corrected chi connectivity index (χ0v) is 17.7. The molecule has 0 fully saturated rings. The number of amides is 1. The summed E-state index contributed by atoms with van der Waals surface area (Å²) in [5.41, 5.74) is 4.43. The molecule has 4 rings (SSSR count). The second-order valence-electron chi connectivity index (χ2n) is 7.99. The quantitative estimate of drug-likeness (QED) is 0.666. The van der Waals surface area contributed by atoms with Crippen molar-refractivity contribution in [3.05, 3.63) is 64.6 Å². The summed E-state index contributed by atoms with van der Waals surface area (Å²) in [6.45, 7) is 4.03. The minimum Gasteiger partial charge on any atom is -0.493 e. The highest BCUT2D eigenvalue weighted by Crippen LogP contribution is 2.35. The number of nitriles is 1. The molecule has 1 unspecified atom stereocenters. The van der Waals surface area contributed by atoms with Crippen molar-refractivity contribution in [2.24, 2.45) is 0 Å². The van der Waals surface area contributed by atoms with E-state index >= 15 is 0 Å². The third kappa shape index (κ3) is 3.93. The van der Waals surface area contributed by atoms with Crippen LogP contribution in [0.25, 0.3) is 10.9 Å². The molecule has 3 aromatic rings. The van der Waals surface area contributed by atoms with Crippen LogP contribution in [0.2, 0.25) is 0 Å². The molecule has 31 heavy (non-hydrogen) atoms. The molecule has 0 aliphatic heterocycles. The minimum absolute atomic E-state index is 0.105. The van der Waals surface area contributed by atoms with E-state index in [0.717, 1.165) is 27.7 Å². The number of alkyl carbamates (subject to hydrolysis) is 1. The Bertz CT molecular complexity index is 1190. The molecule has 2 aromatic carbocycles. The van der Waals surface area contributed by atoms with Crippen molar-refractivity contribution >= 4 is 17.0 Å². The van der Waals surface area contributed by atoms with E-state index in [1.54, 1.807) is 26.0 Å². The molecule has 1 N–H and O–H groups in total. The van der Waals surface area contributed by atoms with Gasteiger partial charge in [0, 0.05) is 34.6 Å². The fourth-order valence-electron chi connectivity index (χ4n) is 4.33. The number of rotatable bonds is 5. The summed E-state index contributed by atoms with van der Waals surface area (Å²) in [6.07, 6.45) is 0.625. The predicted octanol–water partition coefficient (Wildman–Crippen LogP) is 4.31. The van der Waals surface area contributed by atoms with E-state index < -0.39 is 11.9 Å². The summed E-state index contributed by atoms with van der Waals surface area (Å²) in [5, 5.41) is 13.3. The fourth-order valence-corrected chi connectivity index (χ4v) is 4.33. The predicted molar refractivity (Wildman–Crippen MR) is 115 cm³/mol. The third-order valence-electron chi connectivity index (χ3n) is 5.55. The van der Waals surface area contributed by atoms with Crippen molar-refractivity contribution in [2.45, 2.75) is 45.4 Å². The number of nitrogens with zero attached hydrogens (tertiary/aromatic N) is 2. The number of nitrogens with one attached hydrogen (secondary N) is 1. The largest absolute Gasteiger partial charge is 0.493 e. The van der Waals surface area contributed by atoms with Crippen molar-refractivity contribution in [3.63, 3.8) is 0 Å². The van der Waals surface area contributed by atoms with Crippen LogP contribution < -0.4 is 10.1 Å². The van der Waals surface area contributed by atoms with E-state index in [0.29, 0.717) is 24.9 Å². The molecular weight excluding hydrogens is 397 g/mol. The average Bonchev–Trinajstić information content (AvgIpc) is 3.25. The van der Waals surface area contributed by atoms with Gasteiger partial charge < -0.3 is 19.4 Å². The Balaban J connectivity index is 1.74. The Morgan fingerprint density at radius 1 is 1.32 bits per heavy atom. The lowest BCUT2D eigenvalue weighted by Crippen LogP contribution is -2.37. The second kappa shape index (κ2) is 8.31. The molecule has 0 radical (unpaired) electrons. The molecule has 7 heteroatoms. The number of fused-ring (bicyclic) bond motifs is 3. The lowest BCUT2D eigenvalue weighted by atomic mass is 10.1. The van der Waals surface area contributed by atoms with Gasteiger partial charge in [0.05, 0.1) is 31.4 Å². The van der Waals surface area contributed by atoms with Crippen LogP contribution >= 0.6 is 0 Å². The Labute approximate surface area is 180 Å². The van der Waals surface area contributed by atoms with E-state index in [-0.39, 0.29) is 17.9 Å². The van der Waals surface area contributed by atoms with Gasteiger partial charge in [-0.1, -0.05) is 12.1 Å². The lowest BCUT2D eigenvalue weighted by Gasteiger charge is -2.17. The first-order valence-electron chi connectivity index (χ1n) is 10.2. The molecule has 160 valence electrons. The van der Waals surface area contributed by atoms with Crippen LogP contribution in [0.3, 0.4) is 0 Å². The first-order chi connectivity index (χ1) is 14.9. The number of hydrogen-bond acceptors (Lipinski definition) is 4. The third-order valence-corrected chi connectivity index (χ3v) is 5.55.